The summed E-state index contributed by atoms with van der Waals surface area (Å²) in [6, 6.07) is 13.0. The van der Waals surface area contributed by atoms with Crippen LogP contribution in [0.2, 0.25) is 0 Å². The zero-order chi connectivity index (χ0) is 18.6. The summed E-state index contributed by atoms with van der Waals surface area (Å²) in [5.74, 6) is -0.000546. The van der Waals surface area contributed by atoms with E-state index in [-0.39, 0.29) is 18.7 Å². The fraction of sp³-hybridized carbons (Fsp3) is 0.158. The second-order valence-electron chi connectivity index (χ2n) is 5.64. The van der Waals surface area contributed by atoms with Gasteiger partial charge < -0.3 is 9.32 Å². The van der Waals surface area contributed by atoms with E-state index in [4.69, 9.17) is 4.42 Å². The minimum Gasteiger partial charge on any atom is -0.467 e. The van der Waals surface area contributed by atoms with Gasteiger partial charge in [-0.25, -0.2) is 0 Å². The molecule has 2 aromatic heterocycles. The zero-order valence-corrected chi connectivity index (χ0v) is 13.6. The van der Waals surface area contributed by atoms with E-state index in [2.05, 4.69) is 4.98 Å². The Morgan fingerprint density at radius 1 is 1.04 bits per heavy atom. The molecule has 134 valence electrons. The van der Waals surface area contributed by atoms with Crippen molar-refractivity contribution in [2.24, 2.45) is 0 Å². The summed E-state index contributed by atoms with van der Waals surface area (Å²) in [6.45, 7) is 0.273. The number of hydrogen-bond acceptors (Lipinski definition) is 3. The van der Waals surface area contributed by atoms with Crippen LogP contribution in [0.4, 0.5) is 13.2 Å². The lowest BCUT2D eigenvalue weighted by molar-refractivity contribution is -0.137. The number of rotatable bonds is 5. The molecule has 2 heterocycles. The van der Waals surface area contributed by atoms with Crippen LogP contribution in [0.25, 0.3) is 0 Å². The second kappa shape index (κ2) is 7.43. The predicted octanol–water partition coefficient (Wildman–Crippen LogP) is 4.54. The standard InChI is InChI=1S/C19H15F3N2O2/c20-19(21,22)15-6-3-5-14(11-15)18(25)24(13-17-8-4-10-26-17)12-16-7-1-2-9-23-16/h1-11H,12-13H2. The average molecular weight is 360 g/mol. The van der Waals surface area contributed by atoms with Crippen molar-refractivity contribution in [1.82, 2.24) is 9.88 Å². The quantitative estimate of drug-likeness (QED) is 0.671. The molecule has 4 nitrogen and oxygen atoms in total. The van der Waals surface area contributed by atoms with Crippen LogP contribution >= 0.6 is 0 Å². The van der Waals surface area contributed by atoms with Gasteiger partial charge in [-0.1, -0.05) is 12.1 Å². The van der Waals surface area contributed by atoms with Crippen molar-refractivity contribution >= 4 is 5.91 Å². The molecule has 0 atom stereocenters. The molecule has 7 heteroatoms. The van der Waals surface area contributed by atoms with Crippen molar-refractivity contribution in [3.63, 3.8) is 0 Å². The molecule has 0 N–H and O–H groups in total. The van der Waals surface area contributed by atoms with Gasteiger partial charge >= 0.3 is 6.18 Å². The Kier molecular flexibility index (Phi) is 5.06. The molecule has 0 unspecified atom stereocenters. The number of halogens is 3. The molecule has 0 aliphatic carbocycles. The van der Waals surface area contributed by atoms with Gasteiger partial charge in [-0.15, -0.1) is 0 Å². The van der Waals surface area contributed by atoms with Crippen LogP contribution in [0.5, 0.6) is 0 Å². The van der Waals surface area contributed by atoms with Gasteiger partial charge in [0.15, 0.2) is 0 Å². The third-order valence-corrected chi connectivity index (χ3v) is 3.73. The fourth-order valence-corrected chi connectivity index (χ4v) is 2.49. The molecule has 3 rings (SSSR count). The van der Waals surface area contributed by atoms with Gasteiger partial charge in [0.25, 0.3) is 5.91 Å². The Hall–Kier alpha value is -3.09. The van der Waals surface area contributed by atoms with Gasteiger partial charge in [0, 0.05) is 11.8 Å². The molecule has 0 fully saturated rings. The summed E-state index contributed by atoms with van der Waals surface area (Å²) in [7, 11) is 0. The van der Waals surface area contributed by atoms with E-state index in [9.17, 15) is 18.0 Å². The fourth-order valence-electron chi connectivity index (χ4n) is 2.49. The number of alkyl halides is 3. The molecule has 3 aromatic rings. The Morgan fingerprint density at radius 2 is 1.88 bits per heavy atom. The monoisotopic (exact) mass is 360 g/mol. The Labute approximate surface area is 147 Å². The molecule has 0 saturated carbocycles. The Bertz CT molecular complexity index is 862. The van der Waals surface area contributed by atoms with Gasteiger partial charge in [-0.3, -0.25) is 9.78 Å². The van der Waals surface area contributed by atoms with E-state index in [0.29, 0.717) is 11.5 Å². The molecule has 1 aromatic carbocycles. The molecular weight excluding hydrogens is 345 g/mol. The predicted molar refractivity (Wildman–Crippen MR) is 88.0 cm³/mol. The molecule has 0 saturated heterocycles. The zero-order valence-electron chi connectivity index (χ0n) is 13.6. The van der Waals surface area contributed by atoms with Crippen molar-refractivity contribution < 1.29 is 22.4 Å². The number of nitrogens with zero attached hydrogens (tertiary/aromatic N) is 2. The minimum atomic E-state index is -4.51. The summed E-state index contributed by atoms with van der Waals surface area (Å²) in [6.07, 6.45) is -1.44. The van der Waals surface area contributed by atoms with Crippen molar-refractivity contribution in [2.75, 3.05) is 0 Å². The highest BCUT2D eigenvalue weighted by Crippen LogP contribution is 2.30. The van der Waals surface area contributed by atoms with Crippen molar-refractivity contribution in [1.29, 1.82) is 0 Å². The molecule has 0 bridgehead atoms. The van der Waals surface area contributed by atoms with Crippen LogP contribution in [-0.2, 0) is 19.3 Å². The Morgan fingerprint density at radius 3 is 2.54 bits per heavy atom. The van der Waals surface area contributed by atoms with Crippen molar-refractivity contribution in [2.45, 2.75) is 19.3 Å². The Balaban J connectivity index is 1.89. The summed E-state index contributed by atoms with van der Waals surface area (Å²) < 4.78 is 44.1. The van der Waals surface area contributed by atoms with Crippen LogP contribution < -0.4 is 0 Å². The van der Waals surface area contributed by atoms with Gasteiger partial charge in [-0.05, 0) is 42.5 Å². The molecule has 0 spiro atoms. The number of amides is 1. The lowest BCUT2D eigenvalue weighted by atomic mass is 10.1. The highest BCUT2D eigenvalue weighted by Gasteiger charge is 2.31. The first-order chi connectivity index (χ1) is 12.4. The second-order valence-corrected chi connectivity index (χ2v) is 5.64. The largest absolute Gasteiger partial charge is 0.467 e. The summed E-state index contributed by atoms with van der Waals surface area (Å²) in [5, 5.41) is 0. The maximum Gasteiger partial charge on any atom is 0.416 e. The number of carbonyl (C=O) groups excluding carboxylic acids is 1. The van der Waals surface area contributed by atoms with E-state index in [1.54, 1.807) is 36.5 Å². The highest BCUT2D eigenvalue weighted by molar-refractivity contribution is 5.94. The van der Waals surface area contributed by atoms with E-state index in [1.807, 2.05) is 0 Å². The third kappa shape index (κ3) is 4.30. The molecule has 0 radical (unpaired) electrons. The van der Waals surface area contributed by atoms with E-state index in [0.717, 1.165) is 12.1 Å². The van der Waals surface area contributed by atoms with E-state index in [1.165, 1.54) is 23.3 Å². The molecule has 0 aliphatic rings. The lowest BCUT2D eigenvalue weighted by Crippen LogP contribution is -2.30. The number of aromatic nitrogens is 1. The smallest absolute Gasteiger partial charge is 0.416 e. The van der Waals surface area contributed by atoms with Crippen LogP contribution in [0.3, 0.4) is 0 Å². The van der Waals surface area contributed by atoms with Crippen LogP contribution in [0.1, 0.15) is 27.4 Å². The van der Waals surface area contributed by atoms with Crippen LogP contribution in [-0.4, -0.2) is 15.8 Å². The SMILES string of the molecule is O=C(c1cccc(C(F)(F)F)c1)N(Cc1ccccn1)Cc1ccco1. The maximum absolute atomic E-state index is 12.9. The van der Waals surface area contributed by atoms with Crippen molar-refractivity contribution in [3.05, 3.63) is 89.6 Å². The molecular formula is C19H15F3N2O2. The molecule has 26 heavy (non-hydrogen) atoms. The van der Waals surface area contributed by atoms with Gasteiger partial charge in [0.2, 0.25) is 0 Å². The normalized spacial score (nSPS) is 11.3. The molecule has 1 amide bonds. The summed E-state index contributed by atoms with van der Waals surface area (Å²) in [5.41, 5.74) is -0.277. The van der Waals surface area contributed by atoms with Gasteiger partial charge in [-0.2, -0.15) is 13.2 Å². The number of benzene rings is 1. The summed E-state index contributed by atoms with van der Waals surface area (Å²) >= 11 is 0. The van der Waals surface area contributed by atoms with Crippen LogP contribution in [0.15, 0.2) is 71.5 Å². The first kappa shape index (κ1) is 17.7. The number of hydrogen-bond donors (Lipinski definition) is 0. The highest BCUT2D eigenvalue weighted by atomic mass is 19.4. The number of furan rings is 1. The minimum absolute atomic E-state index is 0.0395. The van der Waals surface area contributed by atoms with Gasteiger partial charge in [0.1, 0.15) is 5.76 Å². The van der Waals surface area contributed by atoms with Crippen LogP contribution in [0, 0.1) is 0 Å². The van der Waals surface area contributed by atoms with E-state index >= 15 is 0 Å². The lowest BCUT2D eigenvalue weighted by Gasteiger charge is -2.22. The van der Waals surface area contributed by atoms with Crippen molar-refractivity contribution in [3.8, 4) is 0 Å². The first-order valence-electron chi connectivity index (χ1n) is 7.82. The number of pyridine rings is 1. The maximum atomic E-state index is 12.9. The summed E-state index contributed by atoms with van der Waals surface area (Å²) in [4.78, 5) is 18.4. The average Bonchev–Trinajstić information content (AvgIpc) is 3.14. The third-order valence-electron chi connectivity index (χ3n) is 3.73. The number of carbonyl (C=O) groups is 1. The molecule has 0 aliphatic heterocycles. The van der Waals surface area contributed by atoms with E-state index < -0.39 is 17.6 Å². The first-order valence-corrected chi connectivity index (χ1v) is 7.82. The topological polar surface area (TPSA) is 46.3 Å². The van der Waals surface area contributed by atoms with Gasteiger partial charge in [0.05, 0.1) is 30.6 Å².